The number of halogens is 1. The Morgan fingerprint density at radius 2 is 2.18 bits per heavy atom. The van der Waals surface area contributed by atoms with Crippen LogP contribution in [0.1, 0.15) is 34.6 Å². The van der Waals surface area contributed by atoms with E-state index in [1.807, 2.05) is 0 Å². The van der Waals surface area contributed by atoms with E-state index in [0.29, 0.717) is 10.8 Å². The van der Waals surface area contributed by atoms with Gasteiger partial charge in [-0.3, -0.25) is 0 Å². The minimum absolute atomic E-state index is 0.0262. The molecule has 88 valence electrons. The van der Waals surface area contributed by atoms with Crippen molar-refractivity contribution in [1.29, 1.82) is 0 Å². The Bertz CT molecular complexity index is 621. The lowest BCUT2D eigenvalue weighted by molar-refractivity contribution is 0.0690. The van der Waals surface area contributed by atoms with Gasteiger partial charge in [-0.25, -0.2) is 14.3 Å². The Kier molecular flexibility index (Phi) is 2.29. The van der Waals surface area contributed by atoms with Crippen LogP contribution < -0.4 is 0 Å². The first-order valence-electron chi connectivity index (χ1n) is 5.47. The quantitative estimate of drug-likeness (QED) is 0.787. The molecule has 0 aliphatic heterocycles. The number of rotatable bonds is 1. The van der Waals surface area contributed by atoms with Crippen molar-refractivity contribution in [3.8, 4) is 0 Å². The molecule has 0 fully saturated rings. The van der Waals surface area contributed by atoms with Crippen LogP contribution in [0.2, 0.25) is 5.15 Å². The van der Waals surface area contributed by atoms with Crippen molar-refractivity contribution in [1.82, 2.24) is 14.6 Å². The predicted octanol–water partition coefficient (Wildman–Crippen LogP) is 1.96. The minimum atomic E-state index is -1.07. The number of carboxylic acids is 1. The van der Waals surface area contributed by atoms with E-state index in [1.54, 1.807) is 0 Å². The van der Waals surface area contributed by atoms with E-state index in [-0.39, 0.29) is 5.69 Å². The molecule has 2 aromatic heterocycles. The second kappa shape index (κ2) is 3.70. The van der Waals surface area contributed by atoms with Crippen molar-refractivity contribution < 1.29 is 9.90 Å². The molecule has 1 N–H and O–H groups in total. The average molecular weight is 252 g/mol. The summed E-state index contributed by atoms with van der Waals surface area (Å²) >= 11 is 6.25. The fraction of sp³-hybridized carbons (Fsp3) is 0.364. The summed E-state index contributed by atoms with van der Waals surface area (Å²) in [5.41, 5.74) is 2.46. The molecule has 3 rings (SSSR count). The Morgan fingerprint density at radius 3 is 2.94 bits per heavy atom. The Hall–Kier alpha value is -1.62. The Balaban J connectivity index is 2.28. The number of carboxylic acid groups (broad SMARTS) is 1. The van der Waals surface area contributed by atoms with E-state index in [9.17, 15) is 4.79 Å². The molecular formula is C11H10ClN3O2. The zero-order chi connectivity index (χ0) is 12.0. The smallest absolute Gasteiger partial charge is 0.356 e. The van der Waals surface area contributed by atoms with E-state index in [1.165, 1.54) is 10.6 Å². The van der Waals surface area contributed by atoms with Crippen molar-refractivity contribution in [3.05, 3.63) is 28.2 Å². The minimum Gasteiger partial charge on any atom is -0.476 e. The number of carbonyl (C=O) groups is 1. The maximum absolute atomic E-state index is 10.9. The van der Waals surface area contributed by atoms with E-state index < -0.39 is 5.97 Å². The molecule has 6 heteroatoms. The number of aromatic nitrogens is 3. The van der Waals surface area contributed by atoms with Gasteiger partial charge in [0.05, 0.1) is 0 Å². The first-order chi connectivity index (χ1) is 8.16. The van der Waals surface area contributed by atoms with Gasteiger partial charge in [-0.15, -0.1) is 0 Å². The van der Waals surface area contributed by atoms with Gasteiger partial charge in [-0.05, 0) is 25.7 Å². The van der Waals surface area contributed by atoms with Gasteiger partial charge < -0.3 is 5.11 Å². The highest BCUT2D eigenvalue weighted by Gasteiger charge is 2.19. The number of hydrogen-bond donors (Lipinski definition) is 1. The van der Waals surface area contributed by atoms with Crippen LogP contribution in [0.5, 0.6) is 0 Å². The number of aromatic carboxylic acids is 1. The normalized spacial score (nSPS) is 14.9. The molecule has 0 saturated heterocycles. The average Bonchev–Trinajstić information content (AvgIpc) is 2.74. The van der Waals surface area contributed by atoms with Gasteiger partial charge in [0.2, 0.25) is 0 Å². The standard InChI is InChI=1S/C11H10ClN3O2/c12-10-6-3-1-2-4-7(6)13-9-5-8(11(16)17)14-15(9)10/h5H,1-4H2,(H,16,17). The SMILES string of the molecule is O=C(O)c1cc2nc3c(c(Cl)n2n1)CCCC3. The van der Waals surface area contributed by atoms with Gasteiger partial charge in [-0.2, -0.15) is 5.10 Å². The van der Waals surface area contributed by atoms with Gasteiger partial charge in [0.1, 0.15) is 5.15 Å². The zero-order valence-electron chi connectivity index (χ0n) is 8.98. The summed E-state index contributed by atoms with van der Waals surface area (Å²) in [6, 6.07) is 1.45. The van der Waals surface area contributed by atoms with Crippen LogP contribution in [-0.4, -0.2) is 25.7 Å². The molecule has 2 heterocycles. The first kappa shape index (κ1) is 10.5. The van der Waals surface area contributed by atoms with E-state index in [4.69, 9.17) is 16.7 Å². The van der Waals surface area contributed by atoms with Gasteiger partial charge in [0.15, 0.2) is 11.3 Å². The molecule has 0 atom stereocenters. The molecular weight excluding hydrogens is 242 g/mol. The third kappa shape index (κ3) is 1.58. The van der Waals surface area contributed by atoms with Crippen molar-refractivity contribution in [3.63, 3.8) is 0 Å². The van der Waals surface area contributed by atoms with E-state index in [2.05, 4.69) is 10.1 Å². The molecule has 5 nitrogen and oxygen atoms in total. The summed E-state index contributed by atoms with van der Waals surface area (Å²) in [7, 11) is 0. The summed E-state index contributed by atoms with van der Waals surface area (Å²) in [6.45, 7) is 0. The molecule has 0 unspecified atom stereocenters. The zero-order valence-corrected chi connectivity index (χ0v) is 9.74. The highest BCUT2D eigenvalue weighted by atomic mass is 35.5. The number of hydrogen-bond acceptors (Lipinski definition) is 3. The second-order valence-electron chi connectivity index (χ2n) is 4.14. The van der Waals surface area contributed by atoms with Crippen molar-refractivity contribution in [2.24, 2.45) is 0 Å². The fourth-order valence-electron chi connectivity index (χ4n) is 2.20. The number of nitrogens with zero attached hydrogens (tertiary/aromatic N) is 3. The highest BCUT2D eigenvalue weighted by Crippen LogP contribution is 2.27. The monoisotopic (exact) mass is 251 g/mol. The van der Waals surface area contributed by atoms with Gasteiger partial charge >= 0.3 is 5.97 Å². The van der Waals surface area contributed by atoms with Crippen molar-refractivity contribution in [2.75, 3.05) is 0 Å². The number of fused-ring (bicyclic) bond motifs is 2. The molecule has 0 aromatic carbocycles. The predicted molar refractivity (Wildman–Crippen MR) is 61.6 cm³/mol. The maximum atomic E-state index is 10.9. The second-order valence-corrected chi connectivity index (χ2v) is 4.50. The van der Waals surface area contributed by atoms with Crippen LogP contribution in [0, 0.1) is 0 Å². The van der Waals surface area contributed by atoms with E-state index >= 15 is 0 Å². The molecule has 0 amide bonds. The molecule has 0 radical (unpaired) electrons. The van der Waals surface area contributed by atoms with Crippen molar-refractivity contribution in [2.45, 2.75) is 25.7 Å². The van der Waals surface area contributed by atoms with Crippen LogP contribution in [0.4, 0.5) is 0 Å². The first-order valence-corrected chi connectivity index (χ1v) is 5.85. The van der Waals surface area contributed by atoms with E-state index in [0.717, 1.165) is 36.9 Å². The summed E-state index contributed by atoms with van der Waals surface area (Å²) < 4.78 is 1.41. The highest BCUT2D eigenvalue weighted by molar-refractivity contribution is 6.30. The van der Waals surface area contributed by atoms with Crippen LogP contribution >= 0.6 is 11.6 Å². The lowest BCUT2D eigenvalue weighted by Gasteiger charge is -2.16. The van der Waals surface area contributed by atoms with Crippen LogP contribution in [0.3, 0.4) is 0 Å². The van der Waals surface area contributed by atoms with Crippen LogP contribution in [0.25, 0.3) is 5.65 Å². The summed E-state index contributed by atoms with van der Waals surface area (Å²) in [6.07, 6.45) is 3.98. The topological polar surface area (TPSA) is 67.5 Å². The van der Waals surface area contributed by atoms with Crippen molar-refractivity contribution >= 4 is 23.2 Å². The molecule has 1 aliphatic rings. The lowest BCUT2D eigenvalue weighted by atomic mass is 9.97. The van der Waals surface area contributed by atoms with Gasteiger partial charge in [0, 0.05) is 17.3 Å². The third-order valence-electron chi connectivity index (χ3n) is 3.03. The fourth-order valence-corrected chi connectivity index (χ4v) is 2.53. The maximum Gasteiger partial charge on any atom is 0.356 e. The Labute approximate surface area is 102 Å². The third-order valence-corrected chi connectivity index (χ3v) is 3.42. The van der Waals surface area contributed by atoms with Crippen LogP contribution in [-0.2, 0) is 12.8 Å². The summed E-state index contributed by atoms with van der Waals surface area (Å²) in [5.74, 6) is -1.07. The summed E-state index contributed by atoms with van der Waals surface area (Å²) in [5, 5.41) is 13.3. The van der Waals surface area contributed by atoms with Gasteiger partial charge in [0.25, 0.3) is 0 Å². The molecule has 0 saturated carbocycles. The molecule has 0 bridgehead atoms. The molecule has 1 aliphatic carbocycles. The summed E-state index contributed by atoms with van der Waals surface area (Å²) in [4.78, 5) is 15.3. The Morgan fingerprint density at radius 1 is 1.41 bits per heavy atom. The number of aryl methyl sites for hydroxylation is 1. The van der Waals surface area contributed by atoms with Crippen LogP contribution in [0.15, 0.2) is 6.07 Å². The molecule has 0 spiro atoms. The molecule has 2 aromatic rings. The molecule has 17 heavy (non-hydrogen) atoms. The van der Waals surface area contributed by atoms with Gasteiger partial charge in [-0.1, -0.05) is 11.6 Å². The largest absolute Gasteiger partial charge is 0.476 e. The lowest BCUT2D eigenvalue weighted by Crippen LogP contribution is -2.10.